The summed E-state index contributed by atoms with van der Waals surface area (Å²) in [6.45, 7) is 2.32. The van der Waals surface area contributed by atoms with Crippen LogP contribution in [0.3, 0.4) is 0 Å². The number of benzene rings is 1. The molecule has 0 aliphatic carbocycles. The van der Waals surface area contributed by atoms with Gasteiger partial charge in [0.1, 0.15) is 0 Å². The summed E-state index contributed by atoms with van der Waals surface area (Å²) in [5.41, 5.74) is 6.98. The first-order valence-corrected chi connectivity index (χ1v) is 5.42. The quantitative estimate of drug-likeness (QED) is 0.862. The average molecular weight is 228 g/mol. The van der Waals surface area contributed by atoms with Crippen LogP contribution in [0.15, 0.2) is 12.1 Å². The molecule has 1 aliphatic heterocycles. The monoisotopic (exact) mass is 227 g/mol. The van der Waals surface area contributed by atoms with Crippen LogP contribution in [0.25, 0.3) is 0 Å². The number of ether oxygens (including phenoxy) is 2. The molecule has 4 heteroatoms. The molecule has 0 saturated carbocycles. The number of hydrogen-bond acceptors (Lipinski definition) is 3. The third-order valence-corrected chi connectivity index (χ3v) is 2.79. The zero-order valence-electron chi connectivity index (χ0n) is 8.63. The van der Waals surface area contributed by atoms with Gasteiger partial charge in [-0.1, -0.05) is 18.5 Å². The number of nitrogens with two attached hydrogens (primary N) is 1. The van der Waals surface area contributed by atoms with Gasteiger partial charge in [0.2, 0.25) is 6.79 Å². The van der Waals surface area contributed by atoms with Crippen molar-refractivity contribution >= 4 is 11.6 Å². The maximum Gasteiger partial charge on any atom is 0.231 e. The van der Waals surface area contributed by atoms with Crippen molar-refractivity contribution in [1.82, 2.24) is 0 Å². The first kappa shape index (κ1) is 10.6. The summed E-state index contributed by atoms with van der Waals surface area (Å²) in [7, 11) is 0. The summed E-state index contributed by atoms with van der Waals surface area (Å²) in [5.74, 6) is 1.37. The van der Waals surface area contributed by atoms with Gasteiger partial charge in [-0.15, -0.1) is 0 Å². The smallest absolute Gasteiger partial charge is 0.231 e. The van der Waals surface area contributed by atoms with E-state index in [0.717, 1.165) is 24.2 Å². The molecule has 0 bridgehead atoms. The van der Waals surface area contributed by atoms with Crippen molar-refractivity contribution in [1.29, 1.82) is 0 Å². The van der Waals surface area contributed by atoms with Crippen LogP contribution in [-0.2, 0) is 6.42 Å². The number of hydrogen-bond donors (Lipinski definition) is 1. The molecule has 1 atom stereocenters. The summed E-state index contributed by atoms with van der Waals surface area (Å²) >= 11 is 6.06. The molecule has 0 spiro atoms. The normalized spacial score (nSPS) is 15.4. The first-order chi connectivity index (χ1) is 7.20. The molecule has 1 aromatic carbocycles. The van der Waals surface area contributed by atoms with Gasteiger partial charge < -0.3 is 15.2 Å². The predicted octanol–water partition coefficient (Wildman–Crippen LogP) is 2.35. The minimum atomic E-state index is 0.168. The standard InChI is InChI=1S/C11H14ClNO2/c1-2-8(13)3-7-4-9(12)11-10(5-7)14-6-15-11/h4-5,8H,2-3,6,13H2,1H3. The average Bonchev–Trinajstić information content (AvgIpc) is 2.66. The molecule has 0 amide bonds. The van der Waals surface area contributed by atoms with Crippen LogP contribution in [0.5, 0.6) is 11.5 Å². The van der Waals surface area contributed by atoms with E-state index in [9.17, 15) is 0 Å². The lowest BCUT2D eigenvalue weighted by Gasteiger charge is -2.09. The zero-order valence-corrected chi connectivity index (χ0v) is 9.38. The van der Waals surface area contributed by atoms with Crippen molar-refractivity contribution in [2.24, 2.45) is 5.73 Å². The van der Waals surface area contributed by atoms with Crippen molar-refractivity contribution in [2.75, 3.05) is 6.79 Å². The van der Waals surface area contributed by atoms with Crippen LogP contribution in [0.1, 0.15) is 18.9 Å². The summed E-state index contributed by atoms with van der Waals surface area (Å²) in [6, 6.07) is 4.01. The predicted molar refractivity (Wildman–Crippen MR) is 59.5 cm³/mol. The molecule has 0 fully saturated rings. The molecule has 15 heavy (non-hydrogen) atoms. The molecule has 0 saturated heterocycles. The molecule has 1 heterocycles. The fourth-order valence-electron chi connectivity index (χ4n) is 1.59. The molecule has 1 aliphatic rings. The summed E-state index contributed by atoms with van der Waals surface area (Å²) in [5, 5.41) is 0.600. The van der Waals surface area contributed by atoms with E-state index in [-0.39, 0.29) is 12.8 Å². The molecular weight excluding hydrogens is 214 g/mol. The summed E-state index contributed by atoms with van der Waals surface area (Å²) in [6.07, 6.45) is 1.76. The largest absolute Gasteiger partial charge is 0.454 e. The van der Waals surface area contributed by atoms with Crippen LogP contribution >= 0.6 is 11.6 Å². The van der Waals surface area contributed by atoms with Crippen LogP contribution in [0.2, 0.25) is 5.02 Å². The minimum Gasteiger partial charge on any atom is -0.454 e. The van der Waals surface area contributed by atoms with Crippen LogP contribution < -0.4 is 15.2 Å². The third-order valence-electron chi connectivity index (χ3n) is 2.51. The molecule has 0 radical (unpaired) electrons. The Labute approximate surface area is 94.1 Å². The number of halogens is 1. The molecule has 3 nitrogen and oxygen atoms in total. The van der Waals surface area contributed by atoms with Gasteiger partial charge in [0.15, 0.2) is 11.5 Å². The third kappa shape index (κ3) is 2.19. The first-order valence-electron chi connectivity index (χ1n) is 5.04. The Hall–Kier alpha value is -0.930. The van der Waals surface area contributed by atoms with Gasteiger partial charge in [0.25, 0.3) is 0 Å². The highest BCUT2D eigenvalue weighted by molar-refractivity contribution is 6.32. The zero-order chi connectivity index (χ0) is 10.8. The topological polar surface area (TPSA) is 44.5 Å². The summed E-state index contributed by atoms with van der Waals surface area (Å²) in [4.78, 5) is 0. The van der Waals surface area contributed by atoms with Gasteiger partial charge in [-0.25, -0.2) is 0 Å². The fourth-order valence-corrected chi connectivity index (χ4v) is 1.87. The van der Waals surface area contributed by atoms with E-state index >= 15 is 0 Å². The molecule has 0 aromatic heterocycles. The Morgan fingerprint density at radius 2 is 2.27 bits per heavy atom. The van der Waals surface area contributed by atoms with Crippen LogP contribution in [0.4, 0.5) is 0 Å². The van der Waals surface area contributed by atoms with E-state index in [1.165, 1.54) is 0 Å². The highest BCUT2D eigenvalue weighted by atomic mass is 35.5. The Bertz CT molecular complexity index is 368. The van der Waals surface area contributed by atoms with Gasteiger partial charge in [0.05, 0.1) is 5.02 Å². The second-order valence-electron chi connectivity index (χ2n) is 3.68. The molecular formula is C11H14ClNO2. The Kier molecular flexibility index (Phi) is 3.03. The fraction of sp³-hybridized carbons (Fsp3) is 0.455. The van der Waals surface area contributed by atoms with Gasteiger partial charge in [-0.05, 0) is 30.5 Å². The lowest BCUT2D eigenvalue weighted by molar-refractivity contribution is 0.174. The highest BCUT2D eigenvalue weighted by Crippen LogP contribution is 2.39. The lowest BCUT2D eigenvalue weighted by atomic mass is 10.0. The van der Waals surface area contributed by atoms with E-state index < -0.39 is 0 Å². The Balaban J connectivity index is 2.23. The van der Waals surface area contributed by atoms with Crippen LogP contribution in [-0.4, -0.2) is 12.8 Å². The number of rotatable bonds is 3. The van der Waals surface area contributed by atoms with Crippen molar-refractivity contribution in [3.05, 3.63) is 22.7 Å². The minimum absolute atomic E-state index is 0.168. The molecule has 2 rings (SSSR count). The maximum atomic E-state index is 6.06. The maximum absolute atomic E-state index is 6.06. The Morgan fingerprint density at radius 3 is 3.00 bits per heavy atom. The van der Waals surface area contributed by atoms with Gasteiger partial charge in [0, 0.05) is 6.04 Å². The second-order valence-corrected chi connectivity index (χ2v) is 4.09. The highest BCUT2D eigenvalue weighted by Gasteiger charge is 2.18. The molecule has 82 valence electrons. The molecule has 1 aromatic rings. The van der Waals surface area contributed by atoms with E-state index in [1.807, 2.05) is 12.1 Å². The van der Waals surface area contributed by atoms with E-state index in [0.29, 0.717) is 10.8 Å². The van der Waals surface area contributed by atoms with Crippen molar-refractivity contribution in [3.8, 4) is 11.5 Å². The second kappa shape index (κ2) is 4.29. The number of fused-ring (bicyclic) bond motifs is 1. The van der Waals surface area contributed by atoms with Crippen molar-refractivity contribution < 1.29 is 9.47 Å². The van der Waals surface area contributed by atoms with Gasteiger partial charge >= 0.3 is 0 Å². The van der Waals surface area contributed by atoms with E-state index in [4.69, 9.17) is 26.8 Å². The lowest BCUT2D eigenvalue weighted by Crippen LogP contribution is -2.21. The van der Waals surface area contributed by atoms with Gasteiger partial charge in [-0.2, -0.15) is 0 Å². The van der Waals surface area contributed by atoms with Crippen molar-refractivity contribution in [3.63, 3.8) is 0 Å². The molecule has 2 N–H and O–H groups in total. The van der Waals surface area contributed by atoms with Gasteiger partial charge in [-0.3, -0.25) is 0 Å². The van der Waals surface area contributed by atoms with E-state index in [2.05, 4.69) is 6.92 Å². The molecule has 1 unspecified atom stereocenters. The van der Waals surface area contributed by atoms with E-state index in [1.54, 1.807) is 0 Å². The Morgan fingerprint density at radius 1 is 1.47 bits per heavy atom. The summed E-state index contributed by atoms with van der Waals surface area (Å²) < 4.78 is 10.5. The van der Waals surface area contributed by atoms with Crippen LogP contribution in [0, 0.1) is 0 Å². The SMILES string of the molecule is CCC(N)Cc1cc(Cl)c2c(c1)OCO2. The van der Waals surface area contributed by atoms with Crippen molar-refractivity contribution in [2.45, 2.75) is 25.8 Å².